The second-order valence-corrected chi connectivity index (χ2v) is 9.60. The van der Waals surface area contributed by atoms with Gasteiger partial charge in [-0.3, -0.25) is 4.79 Å². The number of carboxylic acid groups (broad SMARTS) is 1. The summed E-state index contributed by atoms with van der Waals surface area (Å²) in [6.07, 6.45) is 1.89. The maximum Gasteiger partial charge on any atom is 0.341 e. The number of aromatic carboxylic acids is 1. The molecule has 8 nitrogen and oxygen atoms in total. The number of carboxylic acids is 1. The second-order valence-electron chi connectivity index (χ2n) is 9.19. The van der Waals surface area contributed by atoms with Crippen LogP contribution < -0.4 is 15.0 Å². The fraction of sp³-hybridized carbons (Fsp3) is 0.500. The average Bonchev–Trinajstić information content (AvgIpc) is 3.59. The van der Waals surface area contributed by atoms with Crippen molar-refractivity contribution in [3.8, 4) is 22.8 Å². The van der Waals surface area contributed by atoms with Crippen LogP contribution in [0.25, 0.3) is 11.3 Å². The zero-order valence-corrected chi connectivity index (χ0v) is 19.3. The molecule has 1 N–H and O–H groups in total. The Balaban J connectivity index is 1.68. The van der Waals surface area contributed by atoms with E-state index in [1.54, 1.807) is 23.8 Å². The SMILES string of the molecule is COCCCOc1cc2c(cc1Cl)-c1c(cc(C(=O)O)c(=O)n1C1CC1)[C@H](C1(C)COC1)O2. The first-order valence-electron chi connectivity index (χ1n) is 11.1. The monoisotopic (exact) mass is 475 g/mol. The largest absolute Gasteiger partial charge is 0.492 e. The van der Waals surface area contributed by atoms with Gasteiger partial charge in [0.15, 0.2) is 0 Å². The lowest BCUT2D eigenvalue weighted by Gasteiger charge is -2.46. The molecule has 9 heteroatoms. The van der Waals surface area contributed by atoms with E-state index in [9.17, 15) is 14.7 Å². The van der Waals surface area contributed by atoms with Crippen LogP contribution in [0.1, 0.15) is 54.3 Å². The third-order valence-electron chi connectivity index (χ3n) is 6.47. The summed E-state index contributed by atoms with van der Waals surface area (Å²) in [6.45, 7) is 4.01. The minimum absolute atomic E-state index is 0.0358. The first-order valence-corrected chi connectivity index (χ1v) is 11.4. The van der Waals surface area contributed by atoms with Gasteiger partial charge in [0, 0.05) is 43.4 Å². The molecular formula is C24H26ClNO7. The molecule has 1 saturated heterocycles. The van der Waals surface area contributed by atoms with Crippen molar-refractivity contribution in [2.24, 2.45) is 5.41 Å². The van der Waals surface area contributed by atoms with E-state index in [2.05, 4.69) is 0 Å². The fourth-order valence-corrected chi connectivity index (χ4v) is 4.79. The number of rotatable bonds is 8. The predicted octanol–water partition coefficient (Wildman–Crippen LogP) is 4.09. The highest BCUT2D eigenvalue weighted by molar-refractivity contribution is 6.32. The molecule has 3 heterocycles. The molecule has 1 saturated carbocycles. The van der Waals surface area contributed by atoms with Gasteiger partial charge in [-0.25, -0.2) is 4.79 Å². The highest BCUT2D eigenvalue weighted by Crippen LogP contribution is 2.54. The molecule has 33 heavy (non-hydrogen) atoms. The lowest BCUT2D eigenvalue weighted by molar-refractivity contribution is -0.156. The number of halogens is 1. The molecule has 2 fully saturated rings. The van der Waals surface area contributed by atoms with Crippen molar-refractivity contribution in [3.05, 3.63) is 44.7 Å². The molecule has 0 amide bonds. The van der Waals surface area contributed by atoms with Crippen LogP contribution >= 0.6 is 11.6 Å². The van der Waals surface area contributed by atoms with Gasteiger partial charge in [0.25, 0.3) is 5.56 Å². The lowest BCUT2D eigenvalue weighted by Crippen LogP contribution is -2.48. The van der Waals surface area contributed by atoms with E-state index in [1.807, 2.05) is 6.92 Å². The summed E-state index contributed by atoms with van der Waals surface area (Å²) < 4.78 is 24.5. The lowest BCUT2D eigenvalue weighted by atomic mass is 9.76. The number of ether oxygens (including phenoxy) is 4. The van der Waals surface area contributed by atoms with Gasteiger partial charge in [-0.15, -0.1) is 0 Å². The van der Waals surface area contributed by atoms with E-state index in [0.717, 1.165) is 12.8 Å². The van der Waals surface area contributed by atoms with Gasteiger partial charge in [0.05, 0.1) is 36.0 Å². The van der Waals surface area contributed by atoms with Crippen molar-refractivity contribution in [1.82, 2.24) is 4.57 Å². The smallest absolute Gasteiger partial charge is 0.341 e. The van der Waals surface area contributed by atoms with Gasteiger partial charge >= 0.3 is 5.97 Å². The highest BCUT2D eigenvalue weighted by Gasteiger charge is 2.48. The van der Waals surface area contributed by atoms with Crippen LogP contribution in [0.5, 0.6) is 11.5 Å². The highest BCUT2D eigenvalue weighted by atomic mass is 35.5. The van der Waals surface area contributed by atoms with Gasteiger partial charge in [0.1, 0.15) is 23.2 Å². The van der Waals surface area contributed by atoms with E-state index >= 15 is 0 Å². The Labute approximate surface area is 196 Å². The zero-order valence-electron chi connectivity index (χ0n) is 18.6. The molecule has 2 aliphatic heterocycles. The molecule has 0 spiro atoms. The molecule has 0 bridgehead atoms. The Kier molecular flexibility index (Phi) is 5.63. The summed E-state index contributed by atoms with van der Waals surface area (Å²) in [4.78, 5) is 25.1. The first-order chi connectivity index (χ1) is 15.8. The van der Waals surface area contributed by atoms with E-state index in [0.29, 0.717) is 66.2 Å². The van der Waals surface area contributed by atoms with E-state index in [-0.39, 0.29) is 17.0 Å². The van der Waals surface area contributed by atoms with Crippen molar-refractivity contribution in [2.75, 3.05) is 33.5 Å². The van der Waals surface area contributed by atoms with Crippen molar-refractivity contribution < 1.29 is 28.8 Å². The van der Waals surface area contributed by atoms with Gasteiger partial charge in [0.2, 0.25) is 0 Å². The molecule has 176 valence electrons. The molecule has 1 aromatic carbocycles. The van der Waals surface area contributed by atoms with Crippen LogP contribution in [0, 0.1) is 5.41 Å². The van der Waals surface area contributed by atoms with Crippen LogP contribution in [0.4, 0.5) is 0 Å². The minimum atomic E-state index is -1.24. The molecule has 5 rings (SSSR count). The molecule has 0 radical (unpaired) electrons. The van der Waals surface area contributed by atoms with Crippen molar-refractivity contribution in [2.45, 2.75) is 38.3 Å². The normalized spacial score (nSPS) is 20.3. The molecule has 2 aromatic rings. The number of fused-ring (bicyclic) bond motifs is 3. The molecule has 0 unspecified atom stereocenters. The maximum absolute atomic E-state index is 13.2. The second kappa shape index (κ2) is 8.34. The molecule has 1 aromatic heterocycles. The number of methoxy groups -OCH3 is 1. The molecule has 1 aliphatic carbocycles. The van der Waals surface area contributed by atoms with Crippen LogP contribution in [0.2, 0.25) is 5.02 Å². The third-order valence-corrected chi connectivity index (χ3v) is 6.76. The standard InChI is InChI=1S/C24H26ClNO7/c1-24(11-31-12-24)21-15-8-16(23(28)29)22(27)26(13-4-5-13)20(15)14-9-17(25)19(10-18(14)33-21)32-7-3-6-30-2/h8-10,13,21H,3-7,11-12H2,1-2H3,(H,28,29)/t21-/m1/s1. The number of carbonyl (C=O) groups is 1. The van der Waals surface area contributed by atoms with Gasteiger partial charge < -0.3 is 28.6 Å². The van der Waals surface area contributed by atoms with Crippen molar-refractivity contribution in [3.63, 3.8) is 0 Å². The topological polar surface area (TPSA) is 96.2 Å². The zero-order chi connectivity index (χ0) is 23.3. The number of benzene rings is 1. The Morgan fingerprint density at radius 1 is 1.27 bits per heavy atom. The third kappa shape index (κ3) is 3.80. The average molecular weight is 476 g/mol. The Hall–Kier alpha value is -2.55. The minimum Gasteiger partial charge on any atom is -0.492 e. The number of pyridine rings is 1. The maximum atomic E-state index is 13.2. The molecular weight excluding hydrogens is 450 g/mol. The summed E-state index contributed by atoms with van der Waals surface area (Å²) in [5, 5.41) is 10.1. The fourth-order valence-electron chi connectivity index (χ4n) is 4.57. The van der Waals surface area contributed by atoms with Gasteiger partial charge in [-0.05, 0) is 25.0 Å². The van der Waals surface area contributed by atoms with E-state index in [4.69, 9.17) is 30.5 Å². The van der Waals surface area contributed by atoms with Crippen LogP contribution in [-0.2, 0) is 9.47 Å². The number of aromatic nitrogens is 1. The van der Waals surface area contributed by atoms with Gasteiger partial charge in [-0.2, -0.15) is 0 Å². The molecule has 1 atom stereocenters. The van der Waals surface area contributed by atoms with Crippen LogP contribution in [0.15, 0.2) is 23.0 Å². The quantitative estimate of drug-likeness (QED) is 0.574. The Morgan fingerprint density at radius 2 is 2.03 bits per heavy atom. The Morgan fingerprint density at radius 3 is 2.64 bits per heavy atom. The van der Waals surface area contributed by atoms with Gasteiger partial charge in [-0.1, -0.05) is 18.5 Å². The summed E-state index contributed by atoms with van der Waals surface area (Å²) in [5.74, 6) is -0.190. The van der Waals surface area contributed by atoms with Crippen LogP contribution in [0.3, 0.4) is 0 Å². The number of hydrogen-bond acceptors (Lipinski definition) is 6. The number of hydrogen-bond donors (Lipinski definition) is 1. The summed E-state index contributed by atoms with van der Waals surface area (Å²) in [7, 11) is 1.64. The van der Waals surface area contributed by atoms with E-state index < -0.39 is 17.6 Å². The first kappa shape index (κ1) is 22.3. The number of nitrogens with zero attached hydrogens (tertiary/aromatic N) is 1. The van der Waals surface area contributed by atoms with Crippen molar-refractivity contribution in [1.29, 1.82) is 0 Å². The predicted molar refractivity (Wildman–Crippen MR) is 121 cm³/mol. The van der Waals surface area contributed by atoms with Crippen LogP contribution in [-0.4, -0.2) is 49.2 Å². The van der Waals surface area contributed by atoms with E-state index in [1.165, 1.54) is 6.07 Å². The van der Waals surface area contributed by atoms with Crippen molar-refractivity contribution >= 4 is 17.6 Å². The Bertz CT molecular complexity index is 1170. The summed E-state index contributed by atoms with van der Waals surface area (Å²) in [5.41, 5.74) is 0.932. The summed E-state index contributed by atoms with van der Waals surface area (Å²) in [6, 6.07) is 4.94. The summed E-state index contributed by atoms with van der Waals surface area (Å²) >= 11 is 6.56. The molecule has 3 aliphatic rings.